The molecule has 116 valence electrons. The number of hydrogen-bond donors (Lipinski definition) is 1. The van der Waals surface area contributed by atoms with Crippen molar-refractivity contribution >= 4 is 23.0 Å². The van der Waals surface area contributed by atoms with Crippen LogP contribution in [0.25, 0.3) is 0 Å². The zero-order valence-corrected chi connectivity index (χ0v) is 12.8. The van der Waals surface area contributed by atoms with Crippen molar-refractivity contribution in [2.75, 3.05) is 5.32 Å². The number of hydrogen-bond acceptors (Lipinski definition) is 3. The van der Waals surface area contributed by atoms with Gasteiger partial charge in [-0.2, -0.15) is 0 Å². The van der Waals surface area contributed by atoms with E-state index in [4.69, 9.17) is 11.6 Å². The lowest BCUT2D eigenvalue weighted by atomic mass is 9.83. The molecule has 1 unspecified atom stereocenters. The average Bonchev–Trinajstić information content (AvgIpc) is 2.48. The first-order chi connectivity index (χ1) is 10.0. The van der Waals surface area contributed by atoms with Crippen molar-refractivity contribution in [2.45, 2.75) is 51.5 Å². The molecule has 0 heterocycles. The molecule has 1 aromatic carbocycles. The minimum atomic E-state index is -0.764. The van der Waals surface area contributed by atoms with Crippen LogP contribution in [0.1, 0.15) is 45.4 Å². The number of nitro groups is 1. The van der Waals surface area contributed by atoms with E-state index < -0.39 is 10.7 Å². The van der Waals surface area contributed by atoms with Gasteiger partial charge in [0.15, 0.2) is 0 Å². The molecule has 1 aliphatic carbocycles. The van der Waals surface area contributed by atoms with Gasteiger partial charge >= 0.3 is 0 Å². The van der Waals surface area contributed by atoms with E-state index in [-0.39, 0.29) is 16.8 Å². The van der Waals surface area contributed by atoms with Gasteiger partial charge in [0.2, 0.25) is 0 Å². The van der Waals surface area contributed by atoms with E-state index >= 15 is 0 Å². The maximum atomic E-state index is 13.4. The topological polar surface area (TPSA) is 55.2 Å². The number of nitrogens with one attached hydrogen (secondary N) is 1. The Labute approximate surface area is 128 Å². The van der Waals surface area contributed by atoms with Crippen LogP contribution >= 0.6 is 11.6 Å². The SMILES string of the molecule is CCC(Nc1cc(Cl)c(F)cc1[N+](=O)[O-])C1CCCCC1. The summed E-state index contributed by atoms with van der Waals surface area (Å²) in [6.45, 7) is 2.06. The van der Waals surface area contributed by atoms with Gasteiger partial charge in [-0.15, -0.1) is 0 Å². The van der Waals surface area contributed by atoms with Gasteiger partial charge in [-0.25, -0.2) is 4.39 Å². The van der Waals surface area contributed by atoms with Crippen LogP contribution in [0.2, 0.25) is 5.02 Å². The van der Waals surface area contributed by atoms with E-state index in [0.29, 0.717) is 11.6 Å². The van der Waals surface area contributed by atoms with Crippen LogP contribution in [0.3, 0.4) is 0 Å². The van der Waals surface area contributed by atoms with Crippen LogP contribution in [0.15, 0.2) is 12.1 Å². The van der Waals surface area contributed by atoms with Gasteiger partial charge in [0.25, 0.3) is 5.69 Å². The number of benzene rings is 1. The van der Waals surface area contributed by atoms with Crippen molar-refractivity contribution in [1.82, 2.24) is 0 Å². The summed E-state index contributed by atoms with van der Waals surface area (Å²) in [5.41, 5.74) is 0.0509. The Balaban J connectivity index is 2.23. The summed E-state index contributed by atoms with van der Waals surface area (Å²) in [5.74, 6) is -0.258. The molecule has 1 aliphatic rings. The number of nitrogens with zero attached hydrogens (tertiary/aromatic N) is 1. The molecule has 1 aromatic rings. The first kappa shape index (κ1) is 16.0. The van der Waals surface area contributed by atoms with Crippen LogP contribution in [0.4, 0.5) is 15.8 Å². The van der Waals surface area contributed by atoms with Gasteiger partial charge < -0.3 is 5.32 Å². The van der Waals surface area contributed by atoms with E-state index in [0.717, 1.165) is 25.3 Å². The summed E-state index contributed by atoms with van der Waals surface area (Å²) in [6, 6.07) is 2.37. The number of nitro benzene ring substituents is 1. The smallest absolute Gasteiger partial charge is 0.295 e. The fourth-order valence-corrected chi connectivity index (χ4v) is 3.26. The van der Waals surface area contributed by atoms with E-state index in [9.17, 15) is 14.5 Å². The van der Waals surface area contributed by atoms with E-state index in [1.165, 1.54) is 25.3 Å². The van der Waals surface area contributed by atoms with Crippen molar-refractivity contribution in [3.63, 3.8) is 0 Å². The first-order valence-corrected chi connectivity index (χ1v) is 7.80. The molecular weight excluding hydrogens is 295 g/mol. The molecule has 0 amide bonds. The van der Waals surface area contributed by atoms with Crippen LogP contribution in [-0.4, -0.2) is 11.0 Å². The Kier molecular flexibility index (Phi) is 5.39. The molecule has 0 radical (unpaired) electrons. The molecule has 1 atom stereocenters. The molecule has 0 saturated heterocycles. The van der Waals surface area contributed by atoms with E-state index in [1.54, 1.807) is 0 Å². The fourth-order valence-electron chi connectivity index (χ4n) is 3.09. The molecule has 0 aliphatic heterocycles. The third-order valence-electron chi connectivity index (χ3n) is 4.23. The second-order valence-corrected chi connectivity index (χ2v) is 6.00. The first-order valence-electron chi connectivity index (χ1n) is 7.43. The highest BCUT2D eigenvalue weighted by Gasteiger charge is 2.25. The van der Waals surface area contributed by atoms with Crippen LogP contribution in [0, 0.1) is 21.8 Å². The predicted octanol–water partition coefficient (Wildman–Crippen LogP) is 5.16. The summed E-state index contributed by atoms with van der Waals surface area (Å²) < 4.78 is 13.4. The maximum Gasteiger partial charge on any atom is 0.295 e. The van der Waals surface area contributed by atoms with Gasteiger partial charge in [0.1, 0.15) is 11.5 Å². The molecule has 4 nitrogen and oxygen atoms in total. The van der Waals surface area contributed by atoms with Gasteiger partial charge in [-0.1, -0.05) is 37.8 Å². The van der Waals surface area contributed by atoms with Crippen LogP contribution in [-0.2, 0) is 0 Å². The highest BCUT2D eigenvalue weighted by Crippen LogP contribution is 2.34. The average molecular weight is 315 g/mol. The Hall–Kier alpha value is -1.36. The minimum absolute atomic E-state index is 0.0957. The van der Waals surface area contributed by atoms with Crippen molar-refractivity contribution in [2.24, 2.45) is 5.92 Å². The predicted molar refractivity (Wildman–Crippen MR) is 82.3 cm³/mol. The monoisotopic (exact) mass is 314 g/mol. The molecular formula is C15H20ClFN2O2. The standard InChI is InChI=1S/C15H20ClFN2O2/c1-2-13(10-6-4-3-5-7-10)18-14-8-11(16)12(17)9-15(14)19(20)21/h8-10,13,18H,2-7H2,1H3. The van der Waals surface area contributed by atoms with E-state index in [2.05, 4.69) is 12.2 Å². The number of halogens is 2. The van der Waals surface area contributed by atoms with E-state index in [1.807, 2.05) is 0 Å². The van der Waals surface area contributed by atoms with Crippen molar-refractivity contribution in [3.05, 3.63) is 33.1 Å². The third kappa shape index (κ3) is 3.84. The summed E-state index contributed by atoms with van der Waals surface area (Å²) >= 11 is 5.77. The summed E-state index contributed by atoms with van der Waals surface area (Å²) in [4.78, 5) is 10.5. The Morgan fingerprint density at radius 2 is 2.10 bits per heavy atom. The lowest BCUT2D eigenvalue weighted by Gasteiger charge is -2.30. The summed E-state index contributed by atoms with van der Waals surface area (Å²) in [6.07, 6.45) is 6.80. The van der Waals surface area contributed by atoms with Gasteiger partial charge in [-0.05, 0) is 31.2 Å². The third-order valence-corrected chi connectivity index (χ3v) is 4.52. The Morgan fingerprint density at radius 3 is 2.67 bits per heavy atom. The lowest BCUT2D eigenvalue weighted by Crippen LogP contribution is -2.30. The van der Waals surface area contributed by atoms with Crippen LogP contribution < -0.4 is 5.32 Å². The van der Waals surface area contributed by atoms with Gasteiger partial charge in [0, 0.05) is 6.04 Å². The number of anilines is 1. The largest absolute Gasteiger partial charge is 0.376 e. The normalized spacial score (nSPS) is 17.5. The van der Waals surface area contributed by atoms with Gasteiger partial charge in [-0.3, -0.25) is 10.1 Å². The molecule has 1 N–H and O–H groups in total. The minimum Gasteiger partial charge on any atom is -0.376 e. The van der Waals surface area contributed by atoms with Crippen molar-refractivity contribution in [3.8, 4) is 0 Å². The summed E-state index contributed by atoms with van der Waals surface area (Å²) in [5, 5.41) is 14.2. The zero-order valence-electron chi connectivity index (χ0n) is 12.1. The molecule has 6 heteroatoms. The molecule has 1 saturated carbocycles. The fraction of sp³-hybridized carbons (Fsp3) is 0.600. The molecule has 0 spiro atoms. The molecule has 21 heavy (non-hydrogen) atoms. The summed E-state index contributed by atoms with van der Waals surface area (Å²) in [7, 11) is 0. The molecule has 0 bridgehead atoms. The molecule has 1 fully saturated rings. The van der Waals surface area contributed by atoms with Gasteiger partial charge in [0.05, 0.1) is 16.0 Å². The van der Waals surface area contributed by atoms with Crippen molar-refractivity contribution in [1.29, 1.82) is 0 Å². The molecule has 0 aromatic heterocycles. The second kappa shape index (κ2) is 7.07. The molecule has 2 rings (SSSR count). The number of rotatable bonds is 5. The quantitative estimate of drug-likeness (QED) is 0.603. The zero-order chi connectivity index (χ0) is 15.4. The lowest BCUT2D eigenvalue weighted by molar-refractivity contribution is -0.384. The van der Waals surface area contributed by atoms with Crippen LogP contribution in [0.5, 0.6) is 0 Å². The Bertz CT molecular complexity index is 519. The highest BCUT2D eigenvalue weighted by atomic mass is 35.5. The highest BCUT2D eigenvalue weighted by molar-refractivity contribution is 6.31. The van der Waals surface area contributed by atoms with Crippen molar-refractivity contribution < 1.29 is 9.31 Å². The second-order valence-electron chi connectivity index (χ2n) is 5.60. The maximum absolute atomic E-state index is 13.4. The Morgan fingerprint density at radius 1 is 1.43 bits per heavy atom.